The van der Waals surface area contributed by atoms with Crippen molar-refractivity contribution >= 4 is 0 Å². The van der Waals surface area contributed by atoms with Crippen LogP contribution in [-0.2, 0) is 0 Å². The van der Waals surface area contributed by atoms with Gasteiger partial charge >= 0.3 is 0 Å². The van der Waals surface area contributed by atoms with E-state index in [1.54, 1.807) is 0 Å². The van der Waals surface area contributed by atoms with Crippen molar-refractivity contribution < 1.29 is 0 Å². The highest BCUT2D eigenvalue weighted by molar-refractivity contribution is 4.61. The van der Waals surface area contributed by atoms with Crippen LogP contribution in [0.3, 0.4) is 0 Å². The van der Waals surface area contributed by atoms with Crippen molar-refractivity contribution in [2.75, 3.05) is 26.2 Å². The Bertz CT molecular complexity index is 180. The maximum Gasteiger partial charge on any atom is 0.0105 e. The van der Waals surface area contributed by atoms with Crippen LogP contribution in [0.5, 0.6) is 0 Å². The quantitative estimate of drug-likeness (QED) is 0.437. The average Bonchev–Trinajstić information content (AvgIpc) is 2.40. The molecule has 0 saturated heterocycles. The maximum atomic E-state index is 5.68. The van der Waals surface area contributed by atoms with E-state index in [0.717, 1.165) is 19.0 Å². The topological polar surface area (TPSA) is 29.3 Å². The molecule has 0 aromatic heterocycles. The molecule has 0 fully saturated rings. The third-order valence-electron chi connectivity index (χ3n) is 3.90. The SMILES string of the molecule is CCCCCCCCCCCCN(CCN)CC(C)C. The van der Waals surface area contributed by atoms with E-state index in [-0.39, 0.29) is 0 Å². The summed E-state index contributed by atoms with van der Waals surface area (Å²) in [5.74, 6) is 0.754. The van der Waals surface area contributed by atoms with Crippen LogP contribution in [0, 0.1) is 5.92 Å². The summed E-state index contributed by atoms with van der Waals surface area (Å²) in [5, 5.41) is 0. The molecule has 0 saturated carbocycles. The second-order valence-electron chi connectivity index (χ2n) is 6.67. The van der Waals surface area contributed by atoms with Gasteiger partial charge in [0.05, 0.1) is 0 Å². The first-order valence-electron chi connectivity index (χ1n) is 9.13. The van der Waals surface area contributed by atoms with Crippen molar-refractivity contribution in [1.82, 2.24) is 4.90 Å². The molecule has 0 heterocycles. The van der Waals surface area contributed by atoms with Crippen LogP contribution in [0.1, 0.15) is 85.0 Å². The summed E-state index contributed by atoms with van der Waals surface area (Å²) in [7, 11) is 0. The third-order valence-corrected chi connectivity index (χ3v) is 3.90. The summed E-state index contributed by atoms with van der Waals surface area (Å²) in [6.45, 7) is 11.2. The summed E-state index contributed by atoms with van der Waals surface area (Å²) in [6.07, 6.45) is 14.2. The van der Waals surface area contributed by atoms with Gasteiger partial charge < -0.3 is 10.6 Å². The van der Waals surface area contributed by atoms with E-state index >= 15 is 0 Å². The van der Waals surface area contributed by atoms with Crippen molar-refractivity contribution in [3.63, 3.8) is 0 Å². The number of nitrogens with zero attached hydrogens (tertiary/aromatic N) is 1. The Morgan fingerprint density at radius 1 is 0.750 bits per heavy atom. The fraction of sp³-hybridized carbons (Fsp3) is 1.00. The molecule has 20 heavy (non-hydrogen) atoms. The van der Waals surface area contributed by atoms with Crippen molar-refractivity contribution in [3.05, 3.63) is 0 Å². The lowest BCUT2D eigenvalue weighted by atomic mass is 10.1. The first-order chi connectivity index (χ1) is 9.70. The molecule has 0 aliphatic rings. The molecule has 0 radical (unpaired) electrons. The summed E-state index contributed by atoms with van der Waals surface area (Å²) in [4.78, 5) is 2.54. The van der Waals surface area contributed by atoms with E-state index in [9.17, 15) is 0 Å². The molecular formula is C18H40N2. The Balaban J connectivity index is 3.31. The van der Waals surface area contributed by atoms with Gasteiger partial charge in [-0.2, -0.15) is 0 Å². The lowest BCUT2D eigenvalue weighted by Crippen LogP contribution is -2.33. The van der Waals surface area contributed by atoms with Gasteiger partial charge in [0.2, 0.25) is 0 Å². The highest BCUT2D eigenvalue weighted by Gasteiger charge is 2.05. The molecule has 0 rings (SSSR count). The highest BCUT2D eigenvalue weighted by atomic mass is 15.1. The van der Waals surface area contributed by atoms with Gasteiger partial charge in [-0.3, -0.25) is 0 Å². The van der Waals surface area contributed by atoms with Gasteiger partial charge in [0.15, 0.2) is 0 Å². The Hall–Kier alpha value is -0.0800. The summed E-state index contributed by atoms with van der Waals surface area (Å²) in [6, 6.07) is 0. The van der Waals surface area contributed by atoms with Crippen LogP contribution in [0.4, 0.5) is 0 Å². The molecule has 2 N–H and O–H groups in total. The van der Waals surface area contributed by atoms with Gasteiger partial charge in [0.1, 0.15) is 0 Å². The Kier molecular flexibility index (Phi) is 15.3. The number of unbranched alkanes of at least 4 members (excludes halogenated alkanes) is 9. The van der Waals surface area contributed by atoms with Gasteiger partial charge in [-0.25, -0.2) is 0 Å². The largest absolute Gasteiger partial charge is 0.329 e. The van der Waals surface area contributed by atoms with Crippen molar-refractivity contribution in [3.8, 4) is 0 Å². The lowest BCUT2D eigenvalue weighted by Gasteiger charge is -2.23. The monoisotopic (exact) mass is 284 g/mol. The number of rotatable bonds is 15. The fourth-order valence-corrected chi connectivity index (χ4v) is 2.82. The Labute approximate surface area is 128 Å². The van der Waals surface area contributed by atoms with Crippen molar-refractivity contribution in [2.45, 2.75) is 85.0 Å². The van der Waals surface area contributed by atoms with E-state index in [0.29, 0.717) is 0 Å². The molecule has 0 spiro atoms. The summed E-state index contributed by atoms with van der Waals surface area (Å²) < 4.78 is 0. The van der Waals surface area contributed by atoms with Crippen LogP contribution in [0.15, 0.2) is 0 Å². The molecule has 2 heteroatoms. The molecule has 0 aliphatic heterocycles. The predicted molar refractivity (Wildman–Crippen MR) is 92.2 cm³/mol. The van der Waals surface area contributed by atoms with Gasteiger partial charge in [0.25, 0.3) is 0 Å². The number of nitrogens with two attached hydrogens (primary N) is 1. The first-order valence-corrected chi connectivity index (χ1v) is 9.13. The zero-order valence-corrected chi connectivity index (χ0v) is 14.5. The van der Waals surface area contributed by atoms with Crippen LogP contribution < -0.4 is 5.73 Å². The Morgan fingerprint density at radius 2 is 1.25 bits per heavy atom. The van der Waals surface area contributed by atoms with Crippen LogP contribution in [-0.4, -0.2) is 31.1 Å². The standard InChI is InChI=1S/C18H40N2/c1-4-5-6-7-8-9-10-11-12-13-15-20(16-14-19)17-18(2)3/h18H,4-17,19H2,1-3H3. The molecule has 0 aromatic rings. The van der Waals surface area contributed by atoms with Gasteiger partial charge in [-0.15, -0.1) is 0 Å². The zero-order chi connectivity index (χ0) is 15.1. The molecule has 2 nitrogen and oxygen atoms in total. The normalized spacial score (nSPS) is 11.7. The summed E-state index contributed by atoms with van der Waals surface area (Å²) in [5.41, 5.74) is 5.68. The maximum absolute atomic E-state index is 5.68. The second kappa shape index (κ2) is 15.3. The first kappa shape index (κ1) is 19.9. The van der Waals surface area contributed by atoms with Crippen LogP contribution in [0.25, 0.3) is 0 Å². The van der Waals surface area contributed by atoms with E-state index in [2.05, 4.69) is 25.7 Å². The fourth-order valence-electron chi connectivity index (χ4n) is 2.82. The molecule has 0 amide bonds. The second-order valence-corrected chi connectivity index (χ2v) is 6.67. The van der Waals surface area contributed by atoms with Gasteiger partial charge in [-0.1, -0.05) is 78.6 Å². The molecular weight excluding hydrogens is 244 g/mol. The minimum Gasteiger partial charge on any atom is -0.329 e. The van der Waals surface area contributed by atoms with E-state index < -0.39 is 0 Å². The molecule has 0 aliphatic carbocycles. The zero-order valence-electron chi connectivity index (χ0n) is 14.5. The minimum atomic E-state index is 0.754. The minimum absolute atomic E-state index is 0.754. The predicted octanol–water partition coefficient (Wildman–Crippen LogP) is 4.82. The van der Waals surface area contributed by atoms with Gasteiger partial charge in [0, 0.05) is 19.6 Å². The number of hydrogen-bond acceptors (Lipinski definition) is 2. The molecule has 0 bridgehead atoms. The van der Waals surface area contributed by atoms with Crippen LogP contribution in [0.2, 0.25) is 0 Å². The van der Waals surface area contributed by atoms with E-state index in [1.165, 1.54) is 77.3 Å². The van der Waals surface area contributed by atoms with E-state index in [1.807, 2.05) is 0 Å². The van der Waals surface area contributed by atoms with Crippen LogP contribution >= 0.6 is 0 Å². The van der Waals surface area contributed by atoms with Gasteiger partial charge in [-0.05, 0) is 18.9 Å². The highest BCUT2D eigenvalue weighted by Crippen LogP contribution is 2.11. The number of hydrogen-bond donors (Lipinski definition) is 1. The average molecular weight is 285 g/mol. The third kappa shape index (κ3) is 14.3. The summed E-state index contributed by atoms with van der Waals surface area (Å²) >= 11 is 0. The molecule has 122 valence electrons. The smallest absolute Gasteiger partial charge is 0.0105 e. The van der Waals surface area contributed by atoms with Crippen molar-refractivity contribution in [2.24, 2.45) is 11.7 Å². The van der Waals surface area contributed by atoms with Crippen molar-refractivity contribution in [1.29, 1.82) is 0 Å². The molecule has 0 atom stereocenters. The molecule has 0 unspecified atom stereocenters. The van der Waals surface area contributed by atoms with E-state index in [4.69, 9.17) is 5.73 Å². The lowest BCUT2D eigenvalue weighted by molar-refractivity contribution is 0.245. The molecule has 0 aromatic carbocycles. The Morgan fingerprint density at radius 3 is 1.70 bits per heavy atom.